The molecular formula is C34H39ClN4O6. The third-order valence-electron chi connectivity index (χ3n) is 8.71. The van der Waals surface area contributed by atoms with E-state index in [-0.39, 0.29) is 30.6 Å². The molecule has 0 unspecified atom stereocenters. The van der Waals surface area contributed by atoms with Gasteiger partial charge in [0.1, 0.15) is 11.6 Å². The van der Waals surface area contributed by atoms with Gasteiger partial charge in [-0.2, -0.15) is 0 Å². The number of carbonyl (C=O) groups is 5. The summed E-state index contributed by atoms with van der Waals surface area (Å²) in [5.41, 5.74) is 1.30. The molecule has 0 spiro atoms. The standard InChI is InChI=1S/C34H39ClN4O6/c35-25-14-12-22(13-15-25)20-37-34(44)30(40)26(18-24-10-6-16-36-31(24)41)38-32(42)27(17-21-7-2-1-3-8-21)39-33(43)29-19-23-9-4-5-11-28(23)45-29/h4-5,9,11-15,19,21,24,26-27H,1-3,6-8,10,16-18,20H2,(H,36,41)(H,37,44)(H,38,42)(H,39,43)/t24-,26-,27-/m0/s1. The number of benzene rings is 2. The monoisotopic (exact) mass is 634 g/mol. The molecule has 3 aromatic rings. The normalized spacial score (nSPS) is 18.4. The molecule has 45 heavy (non-hydrogen) atoms. The molecule has 2 aromatic carbocycles. The second-order valence-corrected chi connectivity index (χ2v) is 12.5. The first-order valence-corrected chi connectivity index (χ1v) is 16.1. The number of para-hydroxylation sites is 1. The summed E-state index contributed by atoms with van der Waals surface area (Å²) in [5, 5.41) is 12.3. The molecule has 2 heterocycles. The number of halogens is 1. The molecule has 1 saturated heterocycles. The number of hydrogen-bond donors (Lipinski definition) is 4. The SMILES string of the molecule is O=C(NCc1ccc(Cl)cc1)C(=O)[C@H](C[C@@H]1CCCNC1=O)NC(=O)[C@H](CC1CCCCC1)NC(=O)c1cc2ccccc2o1. The summed E-state index contributed by atoms with van der Waals surface area (Å²) in [6, 6.07) is 13.5. The van der Waals surface area contributed by atoms with Crippen molar-refractivity contribution in [2.24, 2.45) is 11.8 Å². The molecule has 4 amide bonds. The lowest BCUT2D eigenvalue weighted by molar-refractivity contribution is -0.141. The van der Waals surface area contributed by atoms with Crippen LogP contribution in [0.3, 0.4) is 0 Å². The van der Waals surface area contributed by atoms with E-state index in [2.05, 4.69) is 21.3 Å². The van der Waals surface area contributed by atoms with Gasteiger partial charge in [0, 0.05) is 29.4 Å². The molecule has 1 aromatic heterocycles. The van der Waals surface area contributed by atoms with Crippen LogP contribution in [-0.4, -0.2) is 48.0 Å². The zero-order valence-corrected chi connectivity index (χ0v) is 25.9. The Labute approximate surface area is 267 Å². The Hall–Kier alpha value is -4.18. The maximum atomic E-state index is 13.9. The van der Waals surface area contributed by atoms with Crippen LogP contribution in [0.25, 0.3) is 11.0 Å². The van der Waals surface area contributed by atoms with Crippen molar-refractivity contribution in [2.45, 2.75) is 76.4 Å². The van der Waals surface area contributed by atoms with Gasteiger partial charge in [-0.1, -0.05) is 74.0 Å². The molecule has 10 nitrogen and oxygen atoms in total. The quantitative estimate of drug-likeness (QED) is 0.217. The number of hydrogen-bond acceptors (Lipinski definition) is 6. The van der Waals surface area contributed by atoms with Crippen LogP contribution in [-0.2, 0) is 25.7 Å². The Kier molecular flexibility index (Phi) is 10.9. The molecule has 1 saturated carbocycles. The first kappa shape index (κ1) is 32.2. The number of furan rings is 1. The predicted molar refractivity (Wildman–Crippen MR) is 169 cm³/mol. The number of rotatable bonds is 12. The van der Waals surface area contributed by atoms with Gasteiger partial charge < -0.3 is 25.7 Å². The third kappa shape index (κ3) is 8.72. The van der Waals surface area contributed by atoms with Crippen LogP contribution in [0.1, 0.15) is 73.9 Å². The molecule has 1 aliphatic carbocycles. The summed E-state index contributed by atoms with van der Waals surface area (Å²) in [6.45, 7) is 0.628. The Bertz CT molecular complexity index is 1500. The second kappa shape index (κ2) is 15.2. The van der Waals surface area contributed by atoms with E-state index in [0.717, 1.165) is 49.5 Å². The number of carbonyl (C=O) groups excluding carboxylic acids is 5. The Morgan fingerprint density at radius 1 is 0.889 bits per heavy atom. The van der Waals surface area contributed by atoms with Gasteiger partial charge in [-0.15, -0.1) is 0 Å². The molecule has 11 heteroatoms. The number of piperidine rings is 1. The Morgan fingerprint density at radius 2 is 1.64 bits per heavy atom. The number of amides is 4. The first-order valence-electron chi connectivity index (χ1n) is 15.7. The molecule has 3 atom stereocenters. The zero-order valence-electron chi connectivity index (χ0n) is 25.1. The summed E-state index contributed by atoms with van der Waals surface area (Å²) in [7, 11) is 0. The minimum Gasteiger partial charge on any atom is -0.451 e. The topological polar surface area (TPSA) is 147 Å². The van der Waals surface area contributed by atoms with Gasteiger partial charge in [0.25, 0.3) is 11.8 Å². The lowest BCUT2D eigenvalue weighted by Crippen LogP contribution is -2.55. The lowest BCUT2D eigenvalue weighted by atomic mass is 9.84. The van der Waals surface area contributed by atoms with Crippen LogP contribution in [0.15, 0.2) is 59.0 Å². The molecule has 2 fully saturated rings. The predicted octanol–water partition coefficient (Wildman–Crippen LogP) is 4.44. The van der Waals surface area contributed by atoms with Crippen LogP contribution in [0.4, 0.5) is 0 Å². The summed E-state index contributed by atoms with van der Waals surface area (Å²) in [6.07, 6.45) is 6.69. The fourth-order valence-electron chi connectivity index (χ4n) is 6.19. The van der Waals surface area contributed by atoms with Crippen LogP contribution in [0.2, 0.25) is 5.02 Å². The van der Waals surface area contributed by atoms with Gasteiger partial charge >= 0.3 is 0 Å². The van der Waals surface area contributed by atoms with E-state index in [0.29, 0.717) is 30.0 Å². The molecule has 0 bridgehead atoms. The largest absolute Gasteiger partial charge is 0.451 e. The molecule has 0 radical (unpaired) electrons. The minimum absolute atomic E-state index is 0.0293. The summed E-state index contributed by atoms with van der Waals surface area (Å²) < 4.78 is 5.73. The van der Waals surface area contributed by atoms with Crippen LogP contribution in [0, 0.1) is 11.8 Å². The molecule has 1 aliphatic heterocycles. The summed E-state index contributed by atoms with van der Waals surface area (Å²) in [4.78, 5) is 66.4. The fraction of sp³-hybridized carbons (Fsp3) is 0.441. The smallest absolute Gasteiger partial charge is 0.289 e. The highest BCUT2D eigenvalue weighted by molar-refractivity contribution is 6.38. The highest BCUT2D eigenvalue weighted by Crippen LogP contribution is 2.28. The molecule has 4 N–H and O–H groups in total. The average molecular weight is 635 g/mol. The number of Topliss-reactive ketones (excluding diaryl/α,β-unsaturated/α-hetero) is 1. The van der Waals surface area contributed by atoms with Gasteiger partial charge in [-0.05, 0) is 61.4 Å². The fourth-order valence-corrected chi connectivity index (χ4v) is 6.32. The van der Waals surface area contributed by atoms with E-state index >= 15 is 0 Å². The lowest BCUT2D eigenvalue weighted by Gasteiger charge is -2.29. The number of fused-ring (bicyclic) bond motifs is 1. The van der Waals surface area contributed by atoms with Gasteiger partial charge in [0.15, 0.2) is 5.76 Å². The molecular weight excluding hydrogens is 596 g/mol. The van der Waals surface area contributed by atoms with Crippen molar-refractivity contribution in [2.75, 3.05) is 6.54 Å². The summed E-state index contributed by atoms with van der Waals surface area (Å²) >= 11 is 5.95. The highest BCUT2D eigenvalue weighted by atomic mass is 35.5. The van der Waals surface area contributed by atoms with Gasteiger partial charge in [-0.25, -0.2) is 0 Å². The minimum atomic E-state index is -1.26. The van der Waals surface area contributed by atoms with Crippen molar-refractivity contribution in [1.29, 1.82) is 0 Å². The van der Waals surface area contributed by atoms with Gasteiger partial charge in [0.05, 0.1) is 6.04 Å². The van der Waals surface area contributed by atoms with Gasteiger partial charge in [-0.3, -0.25) is 24.0 Å². The molecule has 2 aliphatic rings. The van der Waals surface area contributed by atoms with E-state index in [1.54, 1.807) is 36.4 Å². The van der Waals surface area contributed by atoms with E-state index in [4.69, 9.17) is 16.0 Å². The third-order valence-corrected chi connectivity index (χ3v) is 8.96. The maximum Gasteiger partial charge on any atom is 0.289 e. The van der Waals surface area contributed by atoms with E-state index < -0.39 is 41.5 Å². The van der Waals surface area contributed by atoms with Crippen LogP contribution >= 0.6 is 11.6 Å². The van der Waals surface area contributed by atoms with Crippen LogP contribution in [0.5, 0.6) is 0 Å². The second-order valence-electron chi connectivity index (χ2n) is 12.0. The highest BCUT2D eigenvalue weighted by Gasteiger charge is 2.36. The van der Waals surface area contributed by atoms with Crippen molar-refractivity contribution < 1.29 is 28.4 Å². The zero-order chi connectivity index (χ0) is 31.8. The maximum absolute atomic E-state index is 13.9. The van der Waals surface area contributed by atoms with Crippen LogP contribution < -0.4 is 21.3 Å². The van der Waals surface area contributed by atoms with Crippen molar-refractivity contribution >= 4 is 52.0 Å². The van der Waals surface area contributed by atoms with Crippen molar-refractivity contribution in [3.8, 4) is 0 Å². The summed E-state index contributed by atoms with van der Waals surface area (Å²) in [5.74, 6) is -3.32. The molecule has 5 rings (SSSR count). The number of ketones is 1. The first-order chi connectivity index (χ1) is 21.8. The Morgan fingerprint density at radius 3 is 2.38 bits per heavy atom. The van der Waals surface area contributed by atoms with E-state index in [9.17, 15) is 24.0 Å². The average Bonchev–Trinajstić information content (AvgIpc) is 3.49. The van der Waals surface area contributed by atoms with Crippen molar-refractivity contribution in [3.05, 3.63) is 70.9 Å². The van der Waals surface area contributed by atoms with Crippen molar-refractivity contribution in [3.63, 3.8) is 0 Å². The van der Waals surface area contributed by atoms with Crippen molar-refractivity contribution in [1.82, 2.24) is 21.3 Å². The Balaban J connectivity index is 1.32. The molecule has 238 valence electrons. The van der Waals surface area contributed by atoms with E-state index in [1.165, 1.54) is 0 Å². The van der Waals surface area contributed by atoms with E-state index in [1.807, 2.05) is 18.2 Å². The van der Waals surface area contributed by atoms with Gasteiger partial charge in [0.2, 0.25) is 17.6 Å². The number of nitrogens with one attached hydrogen (secondary N) is 4.